The Balaban J connectivity index is 1.66. The van der Waals surface area contributed by atoms with E-state index in [2.05, 4.69) is 46.7 Å². The van der Waals surface area contributed by atoms with Gasteiger partial charge in [-0.1, -0.05) is 60.2 Å². The Morgan fingerprint density at radius 1 is 1.05 bits per heavy atom. The third-order valence-electron chi connectivity index (χ3n) is 3.02. The summed E-state index contributed by atoms with van der Waals surface area (Å²) in [6.45, 7) is 2.07. The number of rotatable bonds is 4. The number of aryl methyl sites for hydroxylation is 1. The van der Waals surface area contributed by atoms with Gasteiger partial charge < -0.3 is 0 Å². The zero-order chi connectivity index (χ0) is 14.5. The van der Waals surface area contributed by atoms with E-state index in [0.717, 1.165) is 22.0 Å². The number of nitrogens with one attached hydrogen (secondary N) is 1. The molecule has 0 atom stereocenters. The second-order valence-electron chi connectivity index (χ2n) is 4.68. The van der Waals surface area contributed by atoms with Crippen molar-refractivity contribution in [1.29, 1.82) is 0 Å². The Bertz CT molecular complexity index is 730. The molecule has 3 aromatic rings. The first kappa shape index (κ1) is 13.5. The summed E-state index contributed by atoms with van der Waals surface area (Å²) in [6.07, 6.45) is 1.79. The number of nitrogens with zero attached hydrogens (tertiary/aromatic N) is 2. The smallest absolute Gasteiger partial charge is 0.203 e. The Kier molecular flexibility index (Phi) is 4.07. The first-order valence-corrected chi connectivity index (χ1v) is 7.56. The monoisotopic (exact) mass is 293 g/mol. The molecule has 1 aromatic heterocycles. The maximum Gasteiger partial charge on any atom is 0.203 e. The minimum atomic E-state index is 0.789. The zero-order valence-electron chi connectivity index (χ0n) is 11.7. The van der Waals surface area contributed by atoms with Crippen LogP contribution in [0.3, 0.4) is 0 Å². The van der Waals surface area contributed by atoms with Gasteiger partial charge in [0, 0.05) is 10.9 Å². The summed E-state index contributed by atoms with van der Waals surface area (Å²) >= 11 is 1.55. The van der Waals surface area contributed by atoms with E-state index in [4.69, 9.17) is 0 Å². The van der Waals surface area contributed by atoms with Crippen molar-refractivity contribution < 1.29 is 0 Å². The molecule has 0 spiro atoms. The third-order valence-corrected chi connectivity index (χ3v) is 3.77. The van der Waals surface area contributed by atoms with Crippen LogP contribution in [-0.2, 0) is 0 Å². The number of hydrazone groups is 1. The van der Waals surface area contributed by atoms with Crippen LogP contribution in [0, 0.1) is 6.92 Å². The molecule has 0 saturated carbocycles. The molecule has 3 nitrogen and oxygen atoms in total. The van der Waals surface area contributed by atoms with Gasteiger partial charge in [-0.05, 0) is 12.5 Å². The van der Waals surface area contributed by atoms with E-state index in [1.54, 1.807) is 17.6 Å². The normalized spacial score (nSPS) is 10.9. The van der Waals surface area contributed by atoms with E-state index >= 15 is 0 Å². The molecule has 0 aliphatic carbocycles. The molecular formula is C17H15N3S. The van der Waals surface area contributed by atoms with Crippen LogP contribution in [0.2, 0.25) is 0 Å². The molecule has 0 fully saturated rings. The van der Waals surface area contributed by atoms with Crippen molar-refractivity contribution in [3.8, 4) is 11.3 Å². The lowest BCUT2D eigenvalue weighted by molar-refractivity contribution is 1.29. The molecule has 0 saturated heterocycles. The van der Waals surface area contributed by atoms with Gasteiger partial charge in [-0.25, -0.2) is 4.98 Å². The van der Waals surface area contributed by atoms with Crippen molar-refractivity contribution in [2.75, 3.05) is 5.43 Å². The van der Waals surface area contributed by atoms with Crippen molar-refractivity contribution in [2.45, 2.75) is 6.92 Å². The summed E-state index contributed by atoms with van der Waals surface area (Å²) in [6, 6.07) is 18.3. The molecule has 1 N–H and O–H groups in total. The van der Waals surface area contributed by atoms with Gasteiger partial charge in [0.05, 0.1) is 11.9 Å². The summed E-state index contributed by atoms with van der Waals surface area (Å²) in [5.41, 5.74) is 7.36. The van der Waals surface area contributed by atoms with Crippen molar-refractivity contribution >= 4 is 22.7 Å². The molecule has 21 heavy (non-hydrogen) atoms. The third kappa shape index (κ3) is 3.55. The summed E-state index contributed by atoms with van der Waals surface area (Å²) in [4.78, 5) is 4.52. The second-order valence-corrected chi connectivity index (χ2v) is 5.54. The van der Waals surface area contributed by atoms with Crippen LogP contribution in [-0.4, -0.2) is 11.2 Å². The molecule has 2 aromatic carbocycles. The van der Waals surface area contributed by atoms with Gasteiger partial charge in [0.15, 0.2) is 0 Å². The van der Waals surface area contributed by atoms with Crippen LogP contribution in [0.1, 0.15) is 11.1 Å². The lowest BCUT2D eigenvalue weighted by atomic mass is 10.2. The van der Waals surface area contributed by atoms with Crippen LogP contribution in [0.5, 0.6) is 0 Å². The summed E-state index contributed by atoms with van der Waals surface area (Å²) in [7, 11) is 0. The molecule has 3 rings (SSSR count). The fraction of sp³-hybridized carbons (Fsp3) is 0.0588. The van der Waals surface area contributed by atoms with Crippen LogP contribution in [0.25, 0.3) is 11.3 Å². The topological polar surface area (TPSA) is 37.3 Å². The number of anilines is 1. The molecule has 0 unspecified atom stereocenters. The van der Waals surface area contributed by atoms with Crippen LogP contribution < -0.4 is 5.43 Å². The van der Waals surface area contributed by atoms with Crippen molar-refractivity contribution in [3.05, 3.63) is 71.1 Å². The van der Waals surface area contributed by atoms with E-state index in [-0.39, 0.29) is 0 Å². The van der Waals surface area contributed by atoms with Gasteiger partial charge >= 0.3 is 0 Å². The summed E-state index contributed by atoms with van der Waals surface area (Å²) in [5, 5.41) is 7.04. The Morgan fingerprint density at radius 2 is 1.81 bits per heavy atom. The highest BCUT2D eigenvalue weighted by Crippen LogP contribution is 2.24. The SMILES string of the molecule is Cc1ccc(C=NNc2nc(-c3ccccc3)cs2)cc1. The van der Waals surface area contributed by atoms with Gasteiger partial charge in [0.2, 0.25) is 5.13 Å². The fourth-order valence-electron chi connectivity index (χ4n) is 1.88. The lowest BCUT2D eigenvalue weighted by Gasteiger charge is -1.96. The molecular weight excluding hydrogens is 278 g/mol. The maximum absolute atomic E-state index is 4.52. The summed E-state index contributed by atoms with van der Waals surface area (Å²) in [5.74, 6) is 0. The zero-order valence-corrected chi connectivity index (χ0v) is 12.5. The highest BCUT2D eigenvalue weighted by molar-refractivity contribution is 7.14. The average Bonchev–Trinajstić information content (AvgIpc) is 2.99. The molecule has 0 aliphatic heterocycles. The molecule has 0 radical (unpaired) electrons. The Morgan fingerprint density at radius 3 is 2.57 bits per heavy atom. The van der Waals surface area contributed by atoms with E-state index in [1.807, 2.05) is 35.7 Å². The van der Waals surface area contributed by atoms with Gasteiger partial charge in [-0.15, -0.1) is 11.3 Å². The predicted octanol–water partition coefficient (Wildman–Crippen LogP) is 4.56. The number of aromatic nitrogens is 1. The van der Waals surface area contributed by atoms with Gasteiger partial charge in [-0.2, -0.15) is 5.10 Å². The molecule has 0 aliphatic rings. The number of benzene rings is 2. The second kappa shape index (κ2) is 6.33. The highest BCUT2D eigenvalue weighted by Gasteiger charge is 2.02. The van der Waals surface area contributed by atoms with Crippen LogP contribution >= 0.6 is 11.3 Å². The molecule has 104 valence electrons. The van der Waals surface area contributed by atoms with E-state index in [0.29, 0.717) is 0 Å². The van der Waals surface area contributed by atoms with E-state index < -0.39 is 0 Å². The van der Waals surface area contributed by atoms with Crippen molar-refractivity contribution in [3.63, 3.8) is 0 Å². The first-order valence-electron chi connectivity index (χ1n) is 6.68. The van der Waals surface area contributed by atoms with Crippen molar-refractivity contribution in [2.24, 2.45) is 5.10 Å². The molecule has 0 bridgehead atoms. The highest BCUT2D eigenvalue weighted by atomic mass is 32.1. The predicted molar refractivity (Wildman–Crippen MR) is 89.9 cm³/mol. The molecule has 0 amide bonds. The van der Waals surface area contributed by atoms with Gasteiger partial charge in [0.1, 0.15) is 0 Å². The first-order chi connectivity index (χ1) is 10.3. The lowest BCUT2D eigenvalue weighted by Crippen LogP contribution is -1.90. The van der Waals surface area contributed by atoms with E-state index in [1.165, 1.54) is 5.56 Å². The Labute approximate surface area is 128 Å². The van der Waals surface area contributed by atoms with Crippen LogP contribution in [0.15, 0.2) is 65.1 Å². The average molecular weight is 293 g/mol. The van der Waals surface area contributed by atoms with E-state index in [9.17, 15) is 0 Å². The standard InChI is InChI=1S/C17H15N3S/c1-13-7-9-14(10-8-13)11-18-20-17-19-16(12-21-17)15-5-3-2-4-6-15/h2-12H,1H3,(H,19,20). The number of hydrogen-bond acceptors (Lipinski definition) is 4. The quantitative estimate of drug-likeness (QED) is 0.565. The fourth-order valence-corrected chi connectivity index (χ4v) is 2.55. The minimum absolute atomic E-state index is 0.789. The maximum atomic E-state index is 4.52. The van der Waals surface area contributed by atoms with Crippen LogP contribution in [0.4, 0.5) is 5.13 Å². The van der Waals surface area contributed by atoms with Gasteiger partial charge in [-0.3, -0.25) is 5.43 Å². The number of hydrogen-bond donors (Lipinski definition) is 1. The molecule has 4 heteroatoms. The largest absolute Gasteiger partial charge is 0.253 e. The van der Waals surface area contributed by atoms with Gasteiger partial charge in [0.25, 0.3) is 0 Å². The Hall–Kier alpha value is -2.46. The molecule has 1 heterocycles. The number of thiazole rings is 1. The minimum Gasteiger partial charge on any atom is -0.253 e. The summed E-state index contributed by atoms with van der Waals surface area (Å²) < 4.78 is 0. The van der Waals surface area contributed by atoms with Crippen molar-refractivity contribution in [1.82, 2.24) is 4.98 Å².